The van der Waals surface area contributed by atoms with E-state index in [2.05, 4.69) is 19.6 Å². The zero-order valence-corrected chi connectivity index (χ0v) is 9.62. The van der Waals surface area contributed by atoms with Crippen molar-refractivity contribution in [3.63, 3.8) is 0 Å². The normalized spacial score (nSPS) is 35.9. The Morgan fingerprint density at radius 1 is 1.67 bits per heavy atom. The number of carbonyl (C=O) groups excluding carboxylic acids is 1. The summed E-state index contributed by atoms with van der Waals surface area (Å²) in [5.41, 5.74) is 1.47. The number of carbonyl (C=O) groups is 1. The number of allylic oxidation sites excluding steroid dienone is 2. The maximum absolute atomic E-state index is 11.7. The molecule has 0 N–H and O–H groups in total. The van der Waals surface area contributed by atoms with E-state index in [1.54, 1.807) is 0 Å². The number of hydrogen-bond acceptors (Lipinski definition) is 1. The Morgan fingerprint density at radius 3 is 3.07 bits per heavy atom. The van der Waals surface area contributed by atoms with Gasteiger partial charge in [0.1, 0.15) is 0 Å². The van der Waals surface area contributed by atoms with Crippen molar-refractivity contribution in [2.45, 2.75) is 38.6 Å². The van der Waals surface area contributed by atoms with Crippen molar-refractivity contribution < 1.29 is 4.79 Å². The Bertz CT molecular complexity index is 331. The van der Waals surface area contributed by atoms with Gasteiger partial charge in [-0.15, -0.1) is 0 Å². The third-order valence-corrected chi connectivity index (χ3v) is 4.14. The lowest BCUT2D eigenvalue weighted by Crippen LogP contribution is -2.53. The number of fused-ring (bicyclic) bond motifs is 1. The van der Waals surface area contributed by atoms with Gasteiger partial charge in [-0.25, -0.2) is 0 Å². The van der Waals surface area contributed by atoms with Crippen molar-refractivity contribution in [3.05, 3.63) is 24.3 Å². The molecule has 1 heterocycles. The van der Waals surface area contributed by atoms with Crippen molar-refractivity contribution in [3.8, 4) is 0 Å². The summed E-state index contributed by atoms with van der Waals surface area (Å²) in [5, 5.41) is 0. The maximum Gasteiger partial charge on any atom is 0.222 e. The molecular formula is C13H19NO. The Balaban J connectivity index is 2.37. The molecule has 2 heteroatoms. The van der Waals surface area contributed by atoms with Crippen LogP contribution in [0.5, 0.6) is 0 Å². The number of hydrogen-bond donors (Lipinski definition) is 0. The molecule has 1 saturated heterocycles. The molecule has 82 valence electrons. The lowest BCUT2D eigenvalue weighted by atomic mass is 9.65. The average molecular weight is 205 g/mol. The van der Waals surface area contributed by atoms with Crippen LogP contribution >= 0.6 is 0 Å². The molecule has 1 aliphatic carbocycles. The summed E-state index contributed by atoms with van der Waals surface area (Å²) in [6.07, 6.45) is 8.06. The summed E-state index contributed by atoms with van der Waals surface area (Å²) in [5.74, 6) is 0.294. The van der Waals surface area contributed by atoms with Crippen molar-refractivity contribution in [1.29, 1.82) is 0 Å². The second kappa shape index (κ2) is 3.51. The van der Waals surface area contributed by atoms with Gasteiger partial charge in [0.05, 0.1) is 0 Å². The molecular weight excluding hydrogens is 186 g/mol. The first-order valence-corrected chi connectivity index (χ1v) is 5.68. The first-order chi connectivity index (χ1) is 7.09. The van der Waals surface area contributed by atoms with E-state index in [9.17, 15) is 4.79 Å². The molecule has 2 nitrogen and oxygen atoms in total. The van der Waals surface area contributed by atoms with E-state index in [0.717, 1.165) is 19.3 Å². The van der Waals surface area contributed by atoms with Crippen LogP contribution < -0.4 is 0 Å². The molecule has 0 spiro atoms. The molecule has 15 heavy (non-hydrogen) atoms. The number of likely N-dealkylation sites (tertiary alicyclic amines) is 1. The molecule has 0 aromatic heterocycles. The van der Waals surface area contributed by atoms with Gasteiger partial charge < -0.3 is 4.90 Å². The molecule has 2 rings (SSSR count). The molecule has 2 atom stereocenters. The molecule has 1 fully saturated rings. The molecule has 1 amide bonds. The van der Waals surface area contributed by atoms with Gasteiger partial charge in [-0.3, -0.25) is 4.79 Å². The summed E-state index contributed by atoms with van der Waals surface area (Å²) >= 11 is 0. The van der Waals surface area contributed by atoms with Crippen LogP contribution in [0, 0.1) is 5.41 Å². The highest BCUT2D eigenvalue weighted by atomic mass is 16.2. The van der Waals surface area contributed by atoms with E-state index in [1.165, 1.54) is 5.57 Å². The predicted molar refractivity (Wildman–Crippen MR) is 61.4 cm³/mol. The Morgan fingerprint density at radius 2 is 2.40 bits per heavy atom. The number of nitrogens with zero attached hydrogens (tertiary/aromatic N) is 1. The van der Waals surface area contributed by atoms with Crippen LogP contribution in [-0.4, -0.2) is 23.9 Å². The minimum absolute atomic E-state index is 0.142. The largest absolute Gasteiger partial charge is 0.342 e. The number of piperidine rings is 1. The summed E-state index contributed by atoms with van der Waals surface area (Å²) in [6, 6.07) is 0.372. The van der Waals surface area contributed by atoms with Gasteiger partial charge in [-0.05, 0) is 24.8 Å². The SMILES string of the molecule is C=CC1=CCC[C@H]2N(C)C(=O)CC[C@]12C. The number of amides is 1. The van der Waals surface area contributed by atoms with Crippen molar-refractivity contribution in [2.24, 2.45) is 5.41 Å². The van der Waals surface area contributed by atoms with Crippen LogP contribution in [0.15, 0.2) is 24.3 Å². The smallest absolute Gasteiger partial charge is 0.222 e. The average Bonchev–Trinajstić information content (AvgIpc) is 2.24. The van der Waals surface area contributed by atoms with Gasteiger partial charge in [0.2, 0.25) is 5.91 Å². The zero-order valence-electron chi connectivity index (χ0n) is 9.62. The lowest BCUT2D eigenvalue weighted by molar-refractivity contribution is -0.139. The molecule has 0 unspecified atom stereocenters. The lowest BCUT2D eigenvalue weighted by Gasteiger charge is -2.49. The van der Waals surface area contributed by atoms with Crippen LogP contribution in [0.25, 0.3) is 0 Å². The van der Waals surface area contributed by atoms with Gasteiger partial charge in [0, 0.05) is 24.9 Å². The summed E-state index contributed by atoms with van der Waals surface area (Å²) < 4.78 is 0. The topological polar surface area (TPSA) is 20.3 Å². The summed E-state index contributed by atoms with van der Waals surface area (Å²) in [4.78, 5) is 13.6. The zero-order chi connectivity index (χ0) is 11.1. The van der Waals surface area contributed by atoms with Gasteiger partial charge in [0.25, 0.3) is 0 Å². The van der Waals surface area contributed by atoms with Crippen LogP contribution in [0.3, 0.4) is 0 Å². The van der Waals surface area contributed by atoms with E-state index in [4.69, 9.17) is 0 Å². The predicted octanol–water partition coefficient (Wildman–Crippen LogP) is 2.52. The first-order valence-electron chi connectivity index (χ1n) is 5.68. The maximum atomic E-state index is 11.7. The van der Waals surface area contributed by atoms with Crippen LogP contribution in [0.4, 0.5) is 0 Å². The fourth-order valence-electron chi connectivity index (χ4n) is 3.11. The molecule has 2 aliphatic rings. The van der Waals surface area contributed by atoms with E-state index < -0.39 is 0 Å². The molecule has 0 aromatic carbocycles. The summed E-state index contributed by atoms with van der Waals surface area (Å²) in [7, 11) is 1.94. The molecule has 0 bridgehead atoms. The van der Waals surface area contributed by atoms with Crippen LogP contribution in [-0.2, 0) is 4.79 Å². The Labute approximate surface area is 91.6 Å². The van der Waals surface area contributed by atoms with Gasteiger partial charge in [-0.1, -0.05) is 25.7 Å². The molecule has 0 aromatic rings. The fourth-order valence-corrected chi connectivity index (χ4v) is 3.11. The van der Waals surface area contributed by atoms with Crippen molar-refractivity contribution in [1.82, 2.24) is 4.90 Å². The standard InChI is InChI=1S/C13H19NO/c1-4-10-6-5-7-11-13(10,2)9-8-12(15)14(11)3/h4,6,11H,1,5,7-9H2,2-3H3/t11-,13-/m1/s1. The van der Waals surface area contributed by atoms with Gasteiger partial charge in [-0.2, -0.15) is 0 Å². The first kappa shape index (κ1) is 10.5. The fraction of sp³-hybridized carbons (Fsp3) is 0.615. The van der Waals surface area contributed by atoms with E-state index in [0.29, 0.717) is 18.4 Å². The molecule has 0 radical (unpaired) electrons. The molecule has 0 saturated carbocycles. The number of rotatable bonds is 1. The van der Waals surface area contributed by atoms with Crippen molar-refractivity contribution >= 4 is 5.91 Å². The highest BCUT2D eigenvalue weighted by molar-refractivity contribution is 5.77. The highest BCUT2D eigenvalue weighted by Gasteiger charge is 2.45. The minimum Gasteiger partial charge on any atom is -0.342 e. The second-order valence-corrected chi connectivity index (χ2v) is 4.88. The third kappa shape index (κ3) is 1.43. The molecule has 1 aliphatic heterocycles. The second-order valence-electron chi connectivity index (χ2n) is 4.88. The quantitative estimate of drug-likeness (QED) is 0.644. The highest BCUT2D eigenvalue weighted by Crippen LogP contribution is 2.46. The Hall–Kier alpha value is -1.05. The van der Waals surface area contributed by atoms with E-state index in [-0.39, 0.29) is 5.41 Å². The van der Waals surface area contributed by atoms with E-state index in [1.807, 2.05) is 18.0 Å². The van der Waals surface area contributed by atoms with Crippen molar-refractivity contribution in [2.75, 3.05) is 7.05 Å². The van der Waals surface area contributed by atoms with Crippen LogP contribution in [0.1, 0.15) is 32.6 Å². The van der Waals surface area contributed by atoms with Crippen LogP contribution in [0.2, 0.25) is 0 Å². The van der Waals surface area contributed by atoms with Gasteiger partial charge >= 0.3 is 0 Å². The minimum atomic E-state index is 0.142. The Kier molecular flexibility index (Phi) is 2.45. The van der Waals surface area contributed by atoms with Gasteiger partial charge in [0.15, 0.2) is 0 Å². The van der Waals surface area contributed by atoms with E-state index >= 15 is 0 Å². The monoisotopic (exact) mass is 205 g/mol. The third-order valence-electron chi connectivity index (χ3n) is 4.14. The summed E-state index contributed by atoms with van der Waals surface area (Å²) in [6.45, 7) is 6.16.